The first-order valence-corrected chi connectivity index (χ1v) is 3.38. The van der Waals surface area contributed by atoms with Gasteiger partial charge in [0.2, 0.25) is 0 Å². The average molecular weight is 140 g/mol. The van der Waals surface area contributed by atoms with E-state index in [0.717, 1.165) is 11.7 Å². The molecule has 0 atom stereocenters. The van der Waals surface area contributed by atoms with Crippen molar-refractivity contribution in [3.05, 3.63) is 17.8 Å². The van der Waals surface area contributed by atoms with E-state index in [0.29, 0.717) is 12.5 Å². The highest BCUT2D eigenvalue weighted by molar-refractivity contribution is 4.95. The van der Waals surface area contributed by atoms with Crippen LogP contribution >= 0.6 is 0 Å². The molecular formula is C7H12N2O. The topological polar surface area (TPSA) is 52.0 Å². The van der Waals surface area contributed by atoms with Gasteiger partial charge in [0.15, 0.2) is 5.89 Å². The smallest absolute Gasteiger partial charge is 0.196 e. The second-order valence-electron chi connectivity index (χ2n) is 2.52. The molecule has 1 heterocycles. The summed E-state index contributed by atoms with van der Waals surface area (Å²) in [6.07, 6.45) is 1.68. The minimum atomic E-state index is 0.347. The van der Waals surface area contributed by atoms with Crippen molar-refractivity contribution in [1.29, 1.82) is 0 Å². The predicted octanol–water partition coefficient (Wildman–Crippen LogP) is 1.26. The molecule has 0 aliphatic rings. The van der Waals surface area contributed by atoms with Crippen LogP contribution in [0, 0.1) is 0 Å². The van der Waals surface area contributed by atoms with Crippen LogP contribution in [0.5, 0.6) is 0 Å². The van der Waals surface area contributed by atoms with E-state index >= 15 is 0 Å². The molecule has 3 heteroatoms. The summed E-state index contributed by atoms with van der Waals surface area (Å²) in [6.45, 7) is 4.50. The second-order valence-corrected chi connectivity index (χ2v) is 2.52. The van der Waals surface area contributed by atoms with E-state index in [9.17, 15) is 0 Å². The number of hydrogen-bond donors (Lipinski definition) is 1. The largest absolute Gasteiger partial charge is 0.444 e. The summed E-state index contributed by atoms with van der Waals surface area (Å²) >= 11 is 0. The highest BCUT2D eigenvalue weighted by atomic mass is 16.4. The number of oxazole rings is 1. The van der Waals surface area contributed by atoms with Crippen LogP contribution in [0.25, 0.3) is 0 Å². The molecule has 1 rings (SSSR count). The van der Waals surface area contributed by atoms with Crippen molar-refractivity contribution < 1.29 is 4.42 Å². The number of nitrogens with zero attached hydrogens (tertiary/aromatic N) is 1. The van der Waals surface area contributed by atoms with Crippen LogP contribution in [0.1, 0.15) is 31.4 Å². The molecule has 1 aromatic heterocycles. The van der Waals surface area contributed by atoms with E-state index in [1.54, 1.807) is 6.20 Å². The Labute approximate surface area is 60.2 Å². The Morgan fingerprint density at radius 2 is 2.40 bits per heavy atom. The Kier molecular flexibility index (Phi) is 2.06. The Balaban J connectivity index is 2.78. The van der Waals surface area contributed by atoms with Gasteiger partial charge in [-0.15, -0.1) is 0 Å². The normalized spacial score (nSPS) is 10.8. The van der Waals surface area contributed by atoms with E-state index in [1.165, 1.54) is 0 Å². The van der Waals surface area contributed by atoms with Gasteiger partial charge < -0.3 is 10.2 Å². The molecule has 0 unspecified atom stereocenters. The fraction of sp³-hybridized carbons (Fsp3) is 0.571. The van der Waals surface area contributed by atoms with Crippen molar-refractivity contribution in [2.24, 2.45) is 5.73 Å². The third-order valence-corrected chi connectivity index (χ3v) is 1.27. The van der Waals surface area contributed by atoms with Gasteiger partial charge in [-0.2, -0.15) is 0 Å². The van der Waals surface area contributed by atoms with Crippen LogP contribution in [-0.2, 0) is 6.54 Å². The monoisotopic (exact) mass is 140 g/mol. The summed E-state index contributed by atoms with van der Waals surface area (Å²) in [6, 6.07) is 0. The van der Waals surface area contributed by atoms with E-state index in [-0.39, 0.29) is 0 Å². The van der Waals surface area contributed by atoms with Crippen molar-refractivity contribution in [2.75, 3.05) is 0 Å². The Bertz CT molecular complexity index is 205. The fourth-order valence-corrected chi connectivity index (χ4v) is 0.684. The maximum absolute atomic E-state index is 5.33. The number of aromatic nitrogens is 1. The van der Waals surface area contributed by atoms with E-state index in [4.69, 9.17) is 10.2 Å². The third-order valence-electron chi connectivity index (χ3n) is 1.27. The molecule has 0 saturated carbocycles. The first-order chi connectivity index (χ1) is 4.74. The molecule has 3 nitrogen and oxygen atoms in total. The molecule has 2 N–H and O–H groups in total. The molecule has 10 heavy (non-hydrogen) atoms. The van der Waals surface area contributed by atoms with Crippen molar-refractivity contribution in [3.8, 4) is 0 Å². The molecular weight excluding hydrogens is 128 g/mol. The molecule has 56 valence electrons. The van der Waals surface area contributed by atoms with Crippen molar-refractivity contribution in [1.82, 2.24) is 4.98 Å². The first kappa shape index (κ1) is 7.28. The number of nitrogens with two attached hydrogens (primary N) is 1. The SMILES string of the molecule is CC(C)c1ncc(CN)o1. The molecule has 1 aromatic rings. The van der Waals surface area contributed by atoms with E-state index in [2.05, 4.69) is 4.98 Å². The van der Waals surface area contributed by atoms with Crippen LogP contribution in [0.4, 0.5) is 0 Å². The van der Waals surface area contributed by atoms with Gasteiger partial charge in [0.05, 0.1) is 12.7 Å². The number of rotatable bonds is 2. The van der Waals surface area contributed by atoms with Crippen LogP contribution in [-0.4, -0.2) is 4.98 Å². The minimum Gasteiger partial charge on any atom is -0.444 e. The van der Waals surface area contributed by atoms with Crippen LogP contribution in [0.3, 0.4) is 0 Å². The fourth-order valence-electron chi connectivity index (χ4n) is 0.684. The average Bonchev–Trinajstić information content (AvgIpc) is 2.34. The molecule has 0 aromatic carbocycles. The Morgan fingerprint density at radius 1 is 1.70 bits per heavy atom. The highest BCUT2D eigenvalue weighted by Crippen LogP contribution is 2.12. The minimum absolute atomic E-state index is 0.347. The zero-order valence-corrected chi connectivity index (χ0v) is 6.29. The van der Waals surface area contributed by atoms with Crippen LogP contribution in [0.15, 0.2) is 10.6 Å². The van der Waals surface area contributed by atoms with Gasteiger partial charge in [-0.1, -0.05) is 13.8 Å². The lowest BCUT2D eigenvalue weighted by molar-refractivity contribution is 0.437. The summed E-state index contributed by atoms with van der Waals surface area (Å²) in [5.41, 5.74) is 5.33. The third kappa shape index (κ3) is 1.36. The number of hydrogen-bond acceptors (Lipinski definition) is 3. The zero-order chi connectivity index (χ0) is 7.56. The second kappa shape index (κ2) is 2.84. The van der Waals surface area contributed by atoms with Gasteiger partial charge in [-0.3, -0.25) is 0 Å². The van der Waals surface area contributed by atoms with Gasteiger partial charge >= 0.3 is 0 Å². The van der Waals surface area contributed by atoms with Gasteiger partial charge in [-0.05, 0) is 0 Å². The highest BCUT2D eigenvalue weighted by Gasteiger charge is 2.05. The maximum Gasteiger partial charge on any atom is 0.196 e. The molecule has 0 aliphatic heterocycles. The van der Waals surface area contributed by atoms with Gasteiger partial charge in [0, 0.05) is 5.92 Å². The maximum atomic E-state index is 5.33. The molecule has 0 amide bonds. The van der Waals surface area contributed by atoms with Crippen LogP contribution < -0.4 is 5.73 Å². The quantitative estimate of drug-likeness (QED) is 0.672. The molecule has 0 fully saturated rings. The lowest BCUT2D eigenvalue weighted by atomic mass is 10.2. The van der Waals surface area contributed by atoms with Gasteiger partial charge in [0.1, 0.15) is 5.76 Å². The summed E-state index contributed by atoms with van der Waals surface area (Å²) in [5, 5.41) is 0. The lowest BCUT2D eigenvalue weighted by Crippen LogP contribution is -1.93. The van der Waals surface area contributed by atoms with Gasteiger partial charge in [-0.25, -0.2) is 4.98 Å². The molecule has 0 spiro atoms. The van der Waals surface area contributed by atoms with Gasteiger partial charge in [0.25, 0.3) is 0 Å². The molecule has 0 radical (unpaired) electrons. The first-order valence-electron chi connectivity index (χ1n) is 3.38. The summed E-state index contributed by atoms with van der Waals surface area (Å²) in [4.78, 5) is 4.04. The van der Waals surface area contributed by atoms with Crippen molar-refractivity contribution in [2.45, 2.75) is 26.3 Å². The lowest BCUT2D eigenvalue weighted by Gasteiger charge is -1.94. The molecule has 0 saturated heterocycles. The van der Waals surface area contributed by atoms with E-state index in [1.807, 2.05) is 13.8 Å². The van der Waals surface area contributed by atoms with Crippen molar-refractivity contribution >= 4 is 0 Å². The molecule has 0 aliphatic carbocycles. The summed E-state index contributed by atoms with van der Waals surface area (Å²) < 4.78 is 5.26. The standard InChI is InChI=1S/C7H12N2O/c1-5(2)7-9-4-6(3-8)10-7/h4-5H,3,8H2,1-2H3. The summed E-state index contributed by atoms with van der Waals surface area (Å²) in [5.74, 6) is 1.87. The molecule has 0 bridgehead atoms. The van der Waals surface area contributed by atoms with Crippen LogP contribution in [0.2, 0.25) is 0 Å². The predicted molar refractivity (Wildman–Crippen MR) is 38.5 cm³/mol. The Hall–Kier alpha value is -0.830. The Morgan fingerprint density at radius 3 is 2.70 bits per heavy atom. The van der Waals surface area contributed by atoms with Crippen molar-refractivity contribution in [3.63, 3.8) is 0 Å². The summed E-state index contributed by atoms with van der Waals surface area (Å²) in [7, 11) is 0. The van der Waals surface area contributed by atoms with E-state index < -0.39 is 0 Å². The zero-order valence-electron chi connectivity index (χ0n) is 6.29.